The molecule has 0 aromatic carbocycles. The van der Waals surface area contributed by atoms with E-state index in [4.69, 9.17) is 5.11 Å². The van der Waals surface area contributed by atoms with Gasteiger partial charge in [-0.3, -0.25) is 9.59 Å². The number of hydrogen-bond acceptors (Lipinski definition) is 3. The highest BCUT2D eigenvalue weighted by Crippen LogP contribution is 2.19. The Labute approximate surface area is 115 Å². The lowest BCUT2D eigenvalue weighted by Crippen LogP contribution is -2.48. The van der Waals surface area contributed by atoms with Gasteiger partial charge in [-0.2, -0.15) is 0 Å². The number of piperidine rings is 1. The summed E-state index contributed by atoms with van der Waals surface area (Å²) in [6.07, 6.45) is 3.61. The minimum absolute atomic E-state index is 0.0551. The molecular formula is C14H26N2O3. The van der Waals surface area contributed by atoms with Crippen molar-refractivity contribution < 1.29 is 14.7 Å². The Kier molecular flexibility index (Phi) is 5.79. The van der Waals surface area contributed by atoms with E-state index in [2.05, 4.69) is 5.32 Å². The van der Waals surface area contributed by atoms with Gasteiger partial charge < -0.3 is 15.3 Å². The van der Waals surface area contributed by atoms with Crippen LogP contribution in [0.2, 0.25) is 0 Å². The molecule has 5 heteroatoms. The van der Waals surface area contributed by atoms with Crippen LogP contribution in [0.1, 0.15) is 46.5 Å². The summed E-state index contributed by atoms with van der Waals surface area (Å²) in [6, 6.07) is 0. The van der Waals surface area contributed by atoms with E-state index in [0.717, 1.165) is 32.4 Å². The molecule has 19 heavy (non-hydrogen) atoms. The van der Waals surface area contributed by atoms with Gasteiger partial charge in [0.15, 0.2) is 0 Å². The highest BCUT2D eigenvalue weighted by atomic mass is 16.4. The van der Waals surface area contributed by atoms with Crippen LogP contribution in [0.5, 0.6) is 0 Å². The molecule has 0 bridgehead atoms. The molecule has 0 spiro atoms. The summed E-state index contributed by atoms with van der Waals surface area (Å²) in [5, 5.41) is 12.2. The lowest BCUT2D eigenvalue weighted by molar-refractivity contribution is -0.148. The quantitative estimate of drug-likeness (QED) is 0.794. The monoisotopic (exact) mass is 270 g/mol. The lowest BCUT2D eigenvalue weighted by Gasteiger charge is -2.35. The third-order valence-electron chi connectivity index (χ3n) is 3.57. The molecule has 2 N–H and O–H groups in total. The third-order valence-corrected chi connectivity index (χ3v) is 3.57. The second-order valence-corrected chi connectivity index (χ2v) is 6.30. The Morgan fingerprint density at radius 1 is 1.37 bits per heavy atom. The van der Waals surface area contributed by atoms with Crippen molar-refractivity contribution in [3.63, 3.8) is 0 Å². The van der Waals surface area contributed by atoms with E-state index in [9.17, 15) is 9.59 Å². The van der Waals surface area contributed by atoms with Crippen LogP contribution in [0, 0.1) is 5.92 Å². The average molecular weight is 270 g/mol. The van der Waals surface area contributed by atoms with E-state index < -0.39 is 11.5 Å². The maximum absolute atomic E-state index is 12.2. The van der Waals surface area contributed by atoms with Gasteiger partial charge in [0.25, 0.3) is 0 Å². The molecule has 0 radical (unpaired) electrons. The fourth-order valence-corrected chi connectivity index (χ4v) is 2.47. The fraction of sp³-hybridized carbons (Fsp3) is 0.857. The Balaban J connectivity index is 2.49. The molecule has 0 aromatic rings. The van der Waals surface area contributed by atoms with Gasteiger partial charge >= 0.3 is 5.97 Å². The van der Waals surface area contributed by atoms with E-state index in [1.165, 1.54) is 4.90 Å². The third kappa shape index (κ3) is 5.59. The summed E-state index contributed by atoms with van der Waals surface area (Å²) in [6.45, 7) is 7.44. The number of carboxylic acids is 1. The molecule has 1 rings (SSSR count). The Hall–Kier alpha value is -1.10. The van der Waals surface area contributed by atoms with Crippen molar-refractivity contribution >= 4 is 11.9 Å². The molecule has 5 nitrogen and oxygen atoms in total. The summed E-state index contributed by atoms with van der Waals surface area (Å²) in [4.78, 5) is 24.5. The topological polar surface area (TPSA) is 69.6 Å². The first kappa shape index (κ1) is 16.0. The number of nitrogens with zero attached hydrogens (tertiary/aromatic N) is 1. The smallest absolute Gasteiger partial charge is 0.323 e. The maximum Gasteiger partial charge on any atom is 0.323 e. The number of hydrogen-bond donors (Lipinski definition) is 2. The Bertz CT molecular complexity index is 317. The molecule has 1 atom stereocenters. The van der Waals surface area contributed by atoms with Crippen molar-refractivity contribution in [3.05, 3.63) is 0 Å². The van der Waals surface area contributed by atoms with E-state index in [1.807, 2.05) is 20.8 Å². The van der Waals surface area contributed by atoms with Crippen LogP contribution in [-0.2, 0) is 9.59 Å². The zero-order valence-corrected chi connectivity index (χ0v) is 12.2. The van der Waals surface area contributed by atoms with E-state index in [1.54, 1.807) is 0 Å². The average Bonchev–Trinajstić information content (AvgIpc) is 2.33. The van der Waals surface area contributed by atoms with Crippen molar-refractivity contribution in [1.29, 1.82) is 0 Å². The molecule has 0 aromatic heterocycles. The lowest BCUT2D eigenvalue weighted by atomic mass is 9.94. The number of nitrogens with one attached hydrogen (secondary N) is 1. The number of carbonyl (C=O) groups is 2. The Morgan fingerprint density at radius 3 is 2.53 bits per heavy atom. The maximum atomic E-state index is 12.2. The molecule has 0 saturated carbocycles. The molecule has 1 saturated heterocycles. The molecule has 1 aliphatic rings. The van der Waals surface area contributed by atoms with Crippen LogP contribution in [0.15, 0.2) is 0 Å². The fourth-order valence-electron chi connectivity index (χ4n) is 2.47. The minimum Gasteiger partial charge on any atom is -0.480 e. The molecular weight excluding hydrogens is 244 g/mol. The molecule has 1 amide bonds. The normalized spacial score (nSPS) is 20.1. The van der Waals surface area contributed by atoms with Crippen molar-refractivity contribution in [3.8, 4) is 0 Å². The molecule has 1 aliphatic heterocycles. The number of rotatable bonds is 5. The first-order chi connectivity index (χ1) is 8.80. The molecule has 110 valence electrons. The van der Waals surface area contributed by atoms with E-state index in [-0.39, 0.29) is 12.5 Å². The van der Waals surface area contributed by atoms with Gasteiger partial charge in [0, 0.05) is 12.0 Å². The summed E-state index contributed by atoms with van der Waals surface area (Å²) in [5.74, 6) is -0.465. The van der Waals surface area contributed by atoms with E-state index in [0.29, 0.717) is 12.3 Å². The van der Waals surface area contributed by atoms with Crippen LogP contribution in [0.4, 0.5) is 0 Å². The van der Waals surface area contributed by atoms with E-state index >= 15 is 0 Å². The van der Waals surface area contributed by atoms with Crippen LogP contribution < -0.4 is 5.32 Å². The van der Waals surface area contributed by atoms with Crippen molar-refractivity contribution in [1.82, 2.24) is 10.2 Å². The van der Waals surface area contributed by atoms with Gasteiger partial charge in [0.1, 0.15) is 6.54 Å². The number of carbonyl (C=O) groups excluding carboxylic acids is 1. The predicted octanol–water partition coefficient (Wildman–Crippen LogP) is 1.48. The molecule has 1 fully saturated rings. The zero-order valence-electron chi connectivity index (χ0n) is 12.2. The summed E-state index contributed by atoms with van der Waals surface area (Å²) >= 11 is 0. The summed E-state index contributed by atoms with van der Waals surface area (Å²) in [7, 11) is 0. The predicted molar refractivity (Wildman–Crippen MR) is 73.9 cm³/mol. The standard InChI is InChI=1S/C14H26N2O3/c1-14(2,3)16(10-13(18)19)12(17)7-6-11-5-4-8-15-9-11/h11,15H,4-10H2,1-3H3,(H,18,19). The van der Waals surface area contributed by atoms with Crippen LogP contribution >= 0.6 is 0 Å². The largest absolute Gasteiger partial charge is 0.480 e. The summed E-state index contributed by atoms with van der Waals surface area (Å²) < 4.78 is 0. The Morgan fingerprint density at radius 2 is 2.05 bits per heavy atom. The number of carboxylic acid groups (broad SMARTS) is 1. The van der Waals surface area contributed by atoms with Crippen LogP contribution in [0.25, 0.3) is 0 Å². The highest BCUT2D eigenvalue weighted by Gasteiger charge is 2.28. The van der Waals surface area contributed by atoms with Gasteiger partial charge in [0.05, 0.1) is 0 Å². The van der Waals surface area contributed by atoms with Crippen molar-refractivity contribution in [2.75, 3.05) is 19.6 Å². The second-order valence-electron chi connectivity index (χ2n) is 6.30. The first-order valence-corrected chi connectivity index (χ1v) is 7.03. The highest BCUT2D eigenvalue weighted by molar-refractivity contribution is 5.82. The van der Waals surface area contributed by atoms with Crippen LogP contribution in [-0.4, -0.2) is 47.1 Å². The first-order valence-electron chi connectivity index (χ1n) is 7.03. The van der Waals surface area contributed by atoms with Gasteiger partial charge in [-0.1, -0.05) is 0 Å². The molecule has 1 unspecified atom stereocenters. The van der Waals surface area contributed by atoms with Gasteiger partial charge in [-0.15, -0.1) is 0 Å². The van der Waals surface area contributed by atoms with Crippen molar-refractivity contribution in [2.24, 2.45) is 5.92 Å². The number of amides is 1. The van der Waals surface area contributed by atoms with Crippen molar-refractivity contribution in [2.45, 2.75) is 52.0 Å². The zero-order chi connectivity index (χ0) is 14.5. The molecule has 0 aliphatic carbocycles. The number of aliphatic carboxylic acids is 1. The van der Waals surface area contributed by atoms with Gasteiger partial charge in [0.2, 0.25) is 5.91 Å². The summed E-state index contributed by atoms with van der Waals surface area (Å²) in [5.41, 5.74) is -0.444. The molecule has 1 heterocycles. The van der Waals surface area contributed by atoms with Crippen LogP contribution in [0.3, 0.4) is 0 Å². The van der Waals surface area contributed by atoms with Gasteiger partial charge in [-0.05, 0) is 59.0 Å². The minimum atomic E-state index is -0.956. The SMILES string of the molecule is CC(C)(C)N(CC(=O)O)C(=O)CCC1CCCNC1. The second kappa shape index (κ2) is 6.89. The van der Waals surface area contributed by atoms with Gasteiger partial charge in [-0.25, -0.2) is 0 Å².